The molecular weight excluding hydrogens is 1170 g/mol. The fraction of sp³-hybridized carbons (Fsp3) is 0.113. The van der Waals surface area contributed by atoms with E-state index in [1.807, 2.05) is 0 Å². The number of aromatic carboxylic acids is 4. The van der Waals surface area contributed by atoms with Gasteiger partial charge in [-0.2, -0.15) is 12.1 Å². The summed E-state index contributed by atoms with van der Waals surface area (Å²) in [7, 11) is -20.3. The van der Waals surface area contributed by atoms with Crippen LogP contribution in [0, 0.1) is 47.6 Å². The van der Waals surface area contributed by atoms with E-state index >= 15 is 0 Å². The first-order chi connectivity index (χ1) is 37.2. The van der Waals surface area contributed by atoms with Crippen LogP contribution in [0.3, 0.4) is 0 Å². The van der Waals surface area contributed by atoms with E-state index in [1.54, 1.807) is 26.8 Å². The first-order valence-corrected chi connectivity index (χ1v) is 28.7. The summed E-state index contributed by atoms with van der Waals surface area (Å²) in [6.07, 6.45) is 0. The first-order valence-electron chi connectivity index (χ1n) is 22.9. The van der Waals surface area contributed by atoms with Gasteiger partial charge in [0.25, 0.3) is 20.0 Å². The molecule has 1 aliphatic carbocycles. The number of carbonyl (C=O) groups excluding carboxylic acids is 4. The van der Waals surface area contributed by atoms with Gasteiger partial charge in [-0.1, -0.05) is 40.9 Å². The zero-order chi connectivity index (χ0) is 58.9. The van der Waals surface area contributed by atoms with Gasteiger partial charge in [-0.15, -0.1) is 6.07 Å². The van der Waals surface area contributed by atoms with Crippen molar-refractivity contribution >= 4 is 104 Å². The number of carboxylic acid groups (broad SMARTS) is 4. The number of anilines is 4. The van der Waals surface area contributed by atoms with E-state index in [-0.39, 0.29) is 192 Å². The molecule has 0 radical (unpaired) electrons. The first kappa shape index (κ1) is 76.7. The van der Waals surface area contributed by atoms with E-state index in [2.05, 4.69) is 25.8 Å². The van der Waals surface area contributed by atoms with Crippen molar-refractivity contribution < 1.29 is 205 Å². The van der Waals surface area contributed by atoms with E-state index in [0.29, 0.717) is 53.1 Å². The van der Waals surface area contributed by atoms with Crippen LogP contribution >= 0.6 is 0 Å². The van der Waals surface area contributed by atoms with Crippen LogP contribution in [-0.4, -0.2) is 66.7 Å². The van der Waals surface area contributed by atoms with Crippen LogP contribution in [0.5, 0.6) is 0 Å². The molecule has 0 unspecified atom stereocenters. The van der Waals surface area contributed by atoms with Gasteiger partial charge in [0.15, 0.2) is 0 Å². The zero-order valence-corrected chi connectivity index (χ0v) is 51.4. The van der Waals surface area contributed by atoms with E-state index < -0.39 is 111 Å². The second-order valence-corrected chi connectivity index (χ2v) is 24.3. The van der Waals surface area contributed by atoms with Gasteiger partial charge >= 0.3 is 113 Å². The van der Waals surface area contributed by atoms with E-state index in [0.717, 1.165) is 18.2 Å². The maximum Gasteiger partial charge on any atom is 1.00 e. The van der Waals surface area contributed by atoms with Crippen LogP contribution in [-0.2, 0) is 40.3 Å². The number of nitrogens with one attached hydrogen (secondary N) is 4. The molecule has 0 saturated heterocycles. The molecule has 8 rings (SSSR count). The van der Waals surface area contributed by atoms with Crippen LogP contribution in [0.15, 0.2) is 121 Å². The number of benzene rings is 7. The molecule has 414 valence electrons. The summed E-state index contributed by atoms with van der Waals surface area (Å²) >= 11 is 0. The van der Waals surface area contributed by atoms with Gasteiger partial charge < -0.3 is 58.4 Å². The Labute approximate surface area is 565 Å². The molecule has 0 aromatic heterocycles. The van der Waals surface area contributed by atoms with Crippen LogP contribution < -0.4 is 159 Å². The minimum absolute atomic E-state index is 0. The fourth-order valence-electron chi connectivity index (χ4n) is 9.12. The van der Waals surface area contributed by atoms with Crippen LogP contribution in [0.2, 0.25) is 0 Å². The van der Waals surface area contributed by atoms with Crippen LogP contribution in [0.25, 0.3) is 33.4 Å². The maximum atomic E-state index is 13.8. The Morgan fingerprint density at radius 1 is 0.500 bits per heavy atom. The molecule has 86 heavy (non-hydrogen) atoms. The Balaban J connectivity index is 0.00000420. The van der Waals surface area contributed by atoms with E-state index in [1.165, 1.54) is 57.2 Å². The van der Waals surface area contributed by atoms with Gasteiger partial charge in [0, 0.05) is 28.0 Å². The summed E-state index contributed by atoms with van der Waals surface area (Å²) in [6.45, 7) is 9.21. The molecule has 6 aromatic rings. The second-order valence-electron chi connectivity index (χ2n) is 18.2. The molecule has 6 aromatic carbocycles. The van der Waals surface area contributed by atoms with Gasteiger partial charge in [-0.05, 0) is 146 Å². The molecule has 0 atom stereocenters. The summed E-state index contributed by atoms with van der Waals surface area (Å²) in [6, 6.07) is 19.7. The smallest absolute Gasteiger partial charge is 0.744 e. The summed E-state index contributed by atoms with van der Waals surface area (Å²) in [5.41, 5.74) is -1.66. The van der Waals surface area contributed by atoms with Crippen molar-refractivity contribution in [2.45, 2.75) is 61.1 Å². The van der Waals surface area contributed by atoms with Crippen molar-refractivity contribution in [3.8, 4) is 22.5 Å². The fourth-order valence-corrected chi connectivity index (χ4v) is 13.0. The van der Waals surface area contributed by atoms with E-state index in [9.17, 15) is 82.4 Å². The number of sulfonamides is 2. The van der Waals surface area contributed by atoms with Crippen molar-refractivity contribution in [1.82, 2.24) is 0 Å². The molecule has 1 aliphatic heterocycles. The Morgan fingerprint density at radius 3 is 1.38 bits per heavy atom. The minimum atomic E-state index is -5.53. The molecule has 0 bridgehead atoms. The minimum Gasteiger partial charge on any atom is -0.744 e. The Hall–Kier alpha value is -5.41. The molecular formula is C53H38Li6N4O19S4. The molecule has 0 fully saturated rings. The molecule has 0 saturated carbocycles. The number of hydrogen-bond acceptors (Lipinski definition) is 20. The number of carboxylic acids is 4. The summed E-state index contributed by atoms with van der Waals surface area (Å²) in [5.74, 6) is -7.73. The zero-order valence-electron chi connectivity index (χ0n) is 48.1. The molecule has 0 spiro atoms. The van der Waals surface area contributed by atoms with E-state index in [4.69, 9.17) is 4.42 Å². The normalized spacial score (nSPS) is 11.5. The third-order valence-corrected chi connectivity index (χ3v) is 17.2. The van der Waals surface area contributed by atoms with Gasteiger partial charge in [0.1, 0.15) is 30.9 Å². The molecule has 4 N–H and O–H groups in total. The number of rotatable bonds is 16. The molecule has 0 amide bonds. The summed E-state index contributed by atoms with van der Waals surface area (Å²) in [5, 5.41) is 49.5. The van der Waals surface area contributed by atoms with Gasteiger partial charge in [-0.25, -0.2) is 38.7 Å². The Bertz CT molecular complexity index is 4540. The Kier molecular flexibility index (Phi) is 25.7. The van der Waals surface area contributed by atoms with Crippen LogP contribution in [0.4, 0.5) is 28.4 Å². The topological polar surface area (TPSA) is 406 Å². The third kappa shape index (κ3) is 15.9. The van der Waals surface area contributed by atoms with Crippen molar-refractivity contribution in [1.29, 1.82) is 0 Å². The molecule has 2 aliphatic rings. The van der Waals surface area contributed by atoms with Gasteiger partial charge in [0.05, 0.1) is 56.0 Å². The quantitative estimate of drug-likeness (QED) is 0.0302. The van der Waals surface area contributed by atoms with Crippen molar-refractivity contribution in [2.24, 2.45) is 0 Å². The predicted molar refractivity (Wildman–Crippen MR) is 273 cm³/mol. The summed E-state index contributed by atoms with van der Waals surface area (Å²) < 4.78 is 145. The number of hydrogen-bond donors (Lipinski definition) is 4. The maximum absolute atomic E-state index is 13.8. The van der Waals surface area contributed by atoms with Crippen molar-refractivity contribution in [3.63, 3.8) is 0 Å². The predicted octanol–water partition coefficient (Wildman–Crippen LogP) is -17.2. The average molecular weight is 1200 g/mol. The van der Waals surface area contributed by atoms with Crippen molar-refractivity contribution in [2.75, 3.05) is 14.8 Å². The number of aryl methyl sites for hydroxylation is 4. The Morgan fingerprint density at radius 2 is 0.930 bits per heavy atom. The number of fused-ring (bicyclic) bond motifs is 2. The molecule has 23 nitrogen and oxygen atoms in total. The number of carbonyl (C=O) groups is 4. The average Bonchev–Trinajstić information content (AvgIpc) is 1.35. The largest absolute Gasteiger partial charge is 1.00 e. The second kappa shape index (κ2) is 28.8. The van der Waals surface area contributed by atoms with Gasteiger partial charge in [0.2, 0.25) is 11.0 Å². The summed E-state index contributed by atoms with van der Waals surface area (Å²) in [4.78, 5) is 46.4. The molecule has 1 heterocycles. The van der Waals surface area contributed by atoms with Crippen molar-refractivity contribution in [3.05, 3.63) is 164 Å². The SMILES string of the molecule is Cc1cc(C)c(NS(=O)(=O)c2cc(C(=O)[O-])cc(C(=O)[O-])c2)c(C)c1Nc1[c-]cc2c(-c3ccccc3S(=O)(=O)[O-])c3cc(S(=O)(=O)[O-])c(=[NH+]c4c(C)cc(C)c(NS(=O)(=O)c5cc(C(=O)[O-])cc(C(=O)[O-])c5)c4C)cc-3oc2c1.[Li+].[Li+].[Li+].[Li+].[Li+].[Li+]. The monoisotopic (exact) mass is 1200 g/mol. The van der Waals surface area contributed by atoms with Crippen LogP contribution in [0.1, 0.15) is 74.8 Å². The third-order valence-electron chi connectivity index (χ3n) is 12.8. The standard InChI is InChI=1S/C53H43N4O19S4.6Li/c1-24-13-26(3)48(56-77(66,67)35-17-30(50(58)59)15-31(18-35)51(60)61)28(5)46(24)54-34-11-12-37-41(21-34)76-42-23-40(44(80(73,74)75)22-39(42)45(37)38-9-7-8-10-43(38)79(70,71)72)55-47-25(2)14-27(4)49(29(47)6)57-78(68,69)36-19-32(52(62)63)16-33(20-36)53(64)65;;;;;;/h7-10,12-23,54,56-57H,1-6H3,(H,58,59)(H,60,61)(H,62,63)(H,64,65)(H,70,71,72)(H,73,74,75);;;;;;/q-1;6*+1/p-5. The molecule has 33 heteroatoms. The van der Waals surface area contributed by atoms with Gasteiger partial charge in [-0.3, -0.25) is 9.44 Å².